The fourth-order valence-electron chi connectivity index (χ4n) is 7.20. The van der Waals surface area contributed by atoms with E-state index >= 15 is 0 Å². The average Bonchev–Trinajstić information content (AvgIpc) is 3.90. The van der Waals surface area contributed by atoms with E-state index in [2.05, 4.69) is 10.1 Å². The topological polar surface area (TPSA) is 117 Å². The van der Waals surface area contributed by atoms with Gasteiger partial charge in [-0.15, -0.1) is 5.10 Å². The van der Waals surface area contributed by atoms with Crippen LogP contribution in [0.2, 0.25) is 5.28 Å². The summed E-state index contributed by atoms with van der Waals surface area (Å²) in [6.45, 7) is 6.32. The molecule has 2 fully saturated rings. The fraction of sp³-hybridized carbons (Fsp3) is 0.405. The molecule has 1 saturated carbocycles. The van der Waals surface area contributed by atoms with Crippen LogP contribution in [0.15, 0.2) is 103 Å². The number of amides is 1. The van der Waals surface area contributed by atoms with Gasteiger partial charge in [0.15, 0.2) is 5.82 Å². The Morgan fingerprint density at radius 3 is 2.04 bits per heavy atom. The number of nitrogens with zero attached hydrogens (tertiary/aromatic N) is 4. The van der Waals surface area contributed by atoms with Crippen molar-refractivity contribution in [2.75, 3.05) is 11.5 Å². The Balaban J connectivity index is 1.29. The van der Waals surface area contributed by atoms with Crippen molar-refractivity contribution in [1.29, 1.82) is 0 Å². The lowest BCUT2D eigenvalue weighted by Gasteiger charge is -2.32. The van der Waals surface area contributed by atoms with Gasteiger partial charge in [0.1, 0.15) is 35.1 Å². The van der Waals surface area contributed by atoms with Gasteiger partial charge in [-0.05, 0) is 74.0 Å². The summed E-state index contributed by atoms with van der Waals surface area (Å²) in [5.74, 6) is -1.83. The number of carbonyl (C=O) groups is 1. The minimum absolute atomic E-state index is 0.0975. The molecule has 1 N–H and O–H groups in total. The maximum atomic E-state index is 13.8. The van der Waals surface area contributed by atoms with Crippen LogP contribution in [0.5, 0.6) is 0 Å². The molecule has 0 spiro atoms. The maximum absolute atomic E-state index is 13.8. The van der Waals surface area contributed by atoms with Gasteiger partial charge in [0.2, 0.25) is 11.1 Å². The minimum Gasteiger partial charge on any atom is -0.443 e. The highest BCUT2D eigenvalue weighted by Crippen LogP contribution is 2.43. The molecule has 0 bridgehead atoms. The third-order valence-electron chi connectivity index (χ3n) is 9.67. The van der Waals surface area contributed by atoms with Gasteiger partial charge in [0.05, 0.1) is 26.4 Å². The van der Waals surface area contributed by atoms with Gasteiger partial charge in [-0.3, -0.25) is 4.90 Å². The van der Waals surface area contributed by atoms with E-state index in [1.807, 2.05) is 112 Å². The second kappa shape index (κ2) is 16.6. The summed E-state index contributed by atoms with van der Waals surface area (Å²) in [6.07, 6.45) is 0.380. The van der Waals surface area contributed by atoms with Crippen molar-refractivity contribution in [3.05, 3.63) is 131 Å². The Kier molecular flexibility index (Phi) is 11.6. The van der Waals surface area contributed by atoms with E-state index in [9.17, 15) is 9.90 Å². The zero-order valence-electron chi connectivity index (χ0n) is 30.8. The molecule has 1 amide bonds. The molecule has 1 saturated heterocycles. The van der Waals surface area contributed by atoms with E-state index in [1.165, 1.54) is 4.52 Å². The molecule has 5 aromatic rings. The molecular formula is C42H47ClN4O7. The predicted molar refractivity (Wildman–Crippen MR) is 204 cm³/mol. The Labute approximate surface area is 320 Å². The van der Waals surface area contributed by atoms with Gasteiger partial charge in [0.25, 0.3) is 0 Å². The molecule has 54 heavy (non-hydrogen) atoms. The largest absolute Gasteiger partial charge is 0.443 e. The number of hydrogen-bond acceptors (Lipinski definition) is 9. The average molecular weight is 755 g/mol. The molecule has 12 heteroatoms. The second-order valence-electron chi connectivity index (χ2n) is 14.8. The number of anilines is 1. The molecule has 11 nitrogen and oxygen atoms in total. The summed E-state index contributed by atoms with van der Waals surface area (Å²) in [4.78, 5) is 20.0. The van der Waals surface area contributed by atoms with Gasteiger partial charge >= 0.3 is 6.09 Å². The van der Waals surface area contributed by atoms with E-state index in [0.29, 0.717) is 12.1 Å². The van der Waals surface area contributed by atoms with Crippen LogP contribution in [0.3, 0.4) is 0 Å². The molecule has 284 valence electrons. The lowest BCUT2D eigenvalue weighted by atomic mass is 10.0. The number of aliphatic hydroxyl groups is 1. The number of halogens is 1. The van der Waals surface area contributed by atoms with Gasteiger partial charge in [-0.1, -0.05) is 104 Å². The van der Waals surface area contributed by atoms with Gasteiger partial charge in [-0.25, -0.2) is 9.31 Å². The van der Waals surface area contributed by atoms with E-state index in [-0.39, 0.29) is 42.7 Å². The van der Waals surface area contributed by atoms with Crippen LogP contribution < -0.4 is 4.90 Å². The number of hydrogen-bond donors (Lipinski definition) is 1. The molecule has 4 atom stereocenters. The van der Waals surface area contributed by atoms with Gasteiger partial charge < -0.3 is 28.8 Å². The van der Waals surface area contributed by atoms with E-state index in [0.717, 1.165) is 42.4 Å². The summed E-state index contributed by atoms with van der Waals surface area (Å²) in [6, 6.07) is 32.6. The normalized spacial score (nSPS) is 21.8. The predicted octanol–water partition coefficient (Wildman–Crippen LogP) is 8.00. The molecular weight excluding hydrogens is 708 g/mol. The first-order valence-corrected chi connectivity index (χ1v) is 18.9. The monoisotopic (exact) mass is 754 g/mol. The molecule has 1 unspecified atom stereocenters. The summed E-state index contributed by atoms with van der Waals surface area (Å²) in [5.41, 5.74) is 2.79. The minimum atomic E-state index is -2.11. The van der Waals surface area contributed by atoms with Crippen molar-refractivity contribution in [2.24, 2.45) is 0 Å². The summed E-state index contributed by atoms with van der Waals surface area (Å²) in [7, 11) is 0. The molecule has 2 aliphatic rings. The van der Waals surface area contributed by atoms with Gasteiger partial charge in [-0.2, -0.15) is 4.98 Å². The highest BCUT2D eigenvalue weighted by molar-refractivity contribution is 6.28. The van der Waals surface area contributed by atoms with Crippen molar-refractivity contribution >= 4 is 29.0 Å². The van der Waals surface area contributed by atoms with Crippen LogP contribution in [-0.2, 0) is 49.3 Å². The molecule has 7 rings (SSSR count). The van der Waals surface area contributed by atoms with Crippen molar-refractivity contribution in [3.8, 4) is 0 Å². The van der Waals surface area contributed by atoms with Crippen LogP contribution in [-0.4, -0.2) is 62.4 Å². The molecule has 1 aliphatic carbocycles. The summed E-state index contributed by atoms with van der Waals surface area (Å²) in [5, 5.41) is 17.4. The number of ether oxygens (including phenoxy) is 5. The zero-order chi connectivity index (χ0) is 37.7. The van der Waals surface area contributed by atoms with E-state index < -0.39 is 35.8 Å². The van der Waals surface area contributed by atoms with Crippen molar-refractivity contribution < 1.29 is 33.6 Å². The fourth-order valence-corrected chi connectivity index (χ4v) is 7.36. The smallest absolute Gasteiger partial charge is 0.416 e. The summed E-state index contributed by atoms with van der Waals surface area (Å²) < 4.78 is 33.5. The van der Waals surface area contributed by atoms with Gasteiger partial charge in [0, 0.05) is 6.04 Å². The second-order valence-corrected chi connectivity index (χ2v) is 15.2. The Morgan fingerprint density at radius 1 is 0.870 bits per heavy atom. The Morgan fingerprint density at radius 2 is 1.44 bits per heavy atom. The lowest BCUT2D eigenvalue weighted by molar-refractivity contribution is -0.255. The van der Waals surface area contributed by atoms with E-state index in [1.54, 1.807) is 17.0 Å². The first-order chi connectivity index (χ1) is 26.1. The Hall–Kier alpha value is -4.36. The van der Waals surface area contributed by atoms with Crippen LogP contribution in [0, 0.1) is 0 Å². The third-order valence-corrected chi connectivity index (χ3v) is 9.83. The number of fused-ring (bicyclic) bond motifs is 1. The lowest BCUT2D eigenvalue weighted by Crippen LogP contribution is -2.45. The van der Waals surface area contributed by atoms with E-state index in [4.69, 9.17) is 35.3 Å². The van der Waals surface area contributed by atoms with Crippen LogP contribution in [0.1, 0.15) is 68.8 Å². The first-order valence-electron chi connectivity index (χ1n) is 18.5. The number of benzene rings is 3. The number of rotatable bonds is 13. The highest BCUT2D eigenvalue weighted by Gasteiger charge is 2.59. The molecule has 3 aromatic carbocycles. The Bertz CT molecular complexity index is 1990. The van der Waals surface area contributed by atoms with Crippen LogP contribution >= 0.6 is 11.6 Å². The zero-order valence-corrected chi connectivity index (χ0v) is 31.6. The molecule has 2 aromatic heterocycles. The molecule has 3 heterocycles. The number of aromatic nitrogens is 3. The first kappa shape index (κ1) is 37.9. The third kappa shape index (κ3) is 8.62. The quantitative estimate of drug-likeness (QED) is 0.128. The SMILES string of the molecule is CC(C)(C)OC(=O)N(c1nc(Cl)nn2c(C3(O)O[C@H](COCc4ccccc4)[C@@H](OCc4ccccc4)[C@H]3OCc3ccccc3)ccc12)C1CCCC1. The van der Waals surface area contributed by atoms with Crippen LogP contribution in [0.4, 0.5) is 10.6 Å². The maximum Gasteiger partial charge on any atom is 0.416 e. The highest BCUT2D eigenvalue weighted by atomic mass is 35.5. The van der Waals surface area contributed by atoms with Crippen molar-refractivity contribution in [1.82, 2.24) is 14.6 Å². The number of carbonyl (C=O) groups excluding carboxylic acids is 1. The summed E-state index contributed by atoms with van der Waals surface area (Å²) >= 11 is 6.65. The van der Waals surface area contributed by atoms with Crippen LogP contribution in [0.25, 0.3) is 5.52 Å². The molecule has 1 aliphatic heterocycles. The van der Waals surface area contributed by atoms with Crippen molar-refractivity contribution in [3.63, 3.8) is 0 Å². The molecule has 0 radical (unpaired) electrons. The van der Waals surface area contributed by atoms with Crippen molar-refractivity contribution in [2.45, 2.75) is 102 Å². The standard InChI is InChI=1S/C42H47ClN4O7/c1-41(2,3)54-40(48)46(32-21-13-14-22-32)38-33-23-24-35(47(33)45-39(43)44-38)42(49)37(52-27-31-19-11-6-12-20-31)36(51-26-30-17-9-5-10-18-30)34(53-42)28-50-25-29-15-7-4-8-16-29/h4-12,15-20,23-24,32,34,36-37,49H,13-14,21-22,25-28H2,1-3H3/t34-,36-,37-,42?/m1/s1.